The van der Waals surface area contributed by atoms with Crippen LogP contribution in [0.2, 0.25) is 0 Å². The van der Waals surface area contributed by atoms with E-state index < -0.39 is 0 Å². The standard InChI is InChI=1S/C18H21N3O3S/c22-16-3-1-13(19-20-16)2-4-17(23)21-9-7-18(8-10-21)14-6-12-25-15(14)5-11-24-18/h1,3,6,12H,2,4-5,7-11H2,(H,20,22). The molecule has 6 nitrogen and oxygen atoms in total. The van der Waals surface area contributed by atoms with E-state index in [2.05, 4.69) is 21.6 Å². The van der Waals surface area contributed by atoms with Gasteiger partial charge >= 0.3 is 0 Å². The Morgan fingerprint density at radius 2 is 2.16 bits per heavy atom. The number of carbonyl (C=O) groups excluding carboxylic acids is 1. The highest BCUT2D eigenvalue weighted by atomic mass is 32.1. The van der Waals surface area contributed by atoms with Gasteiger partial charge in [0.15, 0.2) is 0 Å². The van der Waals surface area contributed by atoms with Crippen molar-refractivity contribution in [2.24, 2.45) is 0 Å². The molecule has 1 fully saturated rings. The number of piperidine rings is 1. The maximum absolute atomic E-state index is 12.5. The second-order valence-corrected chi connectivity index (χ2v) is 7.64. The number of rotatable bonds is 3. The quantitative estimate of drug-likeness (QED) is 0.908. The molecule has 1 amide bonds. The van der Waals surface area contributed by atoms with Crippen LogP contribution in [-0.2, 0) is 28.0 Å². The Balaban J connectivity index is 1.35. The van der Waals surface area contributed by atoms with E-state index in [1.54, 1.807) is 6.07 Å². The van der Waals surface area contributed by atoms with Crippen LogP contribution in [0.3, 0.4) is 0 Å². The van der Waals surface area contributed by atoms with Crippen molar-refractivity contribution in [2.45, 2.75) is 37.7 Å². The summed E-state index contributed by atoms with van der Waals surface area (Å²) in [5, 5.41) is 8.51. The third kappa shape index (κ3) is 3.26. The molecule has 132 valence electrons. The van der Waals surface area contributed by atoms with E-state index in [1.807, 2.05) is 16.2 Å². The molecule has 7 heteroatoms. The Bertz CT molecular complexity index is 800. The summed E-state index contributed by atoms with van der Waals surface area (Å²) in [6.45, 7) is 2.24. The van der Waals surface area contributed by atoms with Gasteiger partial charge in [-0.1, -0.05) is 0 Å². The van der Waals surface area contributed by atoms with Crippen molar-refractivity contribution in [2.75, 3.05) is 19.7 Å². The first-order valence-corrected chi connectivity index (χ1v) is 9.57. The lowest BCUT2D eigenvalue weighted by Crippen LogP contribution is -2.48. The van der Waals surface area contributed by atoms with Crippen molar-refractivity contribution < 1.29 is 9.53 Å². The molecule has 0 atom stereocenters. The number of aromatic amines is 1. The molecule has 0 bridgehead atoms. The van der Waals surface area contributed by atoms with Gasteiger partial charge in [0.1, 0.15) is 0 Å². The minimum Gasteiger partial charge on any atom is -0.370 e. The highest BCUT2D eigenvalue weighted by Crippen LogP contribution is 2.43. The summed E-state index contributed by atoms with van der Waals surface area (Å²) < 4.78 is 6.18. The molecule has 1 saturated heterocycles. The number of nitrogens with one attached hydrogen (secondary N) is 1. The molecule has 4 heterocycles. The van der Waals surface area contributed by atoms with Gasteiger partial charge in [-0.25, -0.2) is 5.10 Å². The number of nitrogens with zero attached hydrogens (tertiary/aromatic N) is 2. The second kappa shape index (κ2) is 6.72. The summed E-state index contributed by atoms with van der Waals surface area (Å²) in [5.74, 6) is 0.143. The predicted molar refractivity (Wildman–Crippen MR) is 94.6 cm³/mol. The topological polar surface area (TPSA) is 75.3 Å². The van der Waals surface area contributed by atoms with Crippen LogP contribution >= 0.6 is 11.3 Å². The lowest BCUT2D eigenvalue weighted by Gasteiger charge is -2.44. The van der Waals surface area contributed by atoms with Crippen LogP contribution in [0.1, 0.15) is 35.4 Å². The number of likely N-dealkylation sites (tertiary alicyclic amines) is 1. The van der Waals surface area contributed by atoms with Crippen molar-refractivity contribution in [1.29, 1.82) is 0 Å². The molecule has 2 aliphatic heterocycles. The molecule has 2 aromatic rings. The zero-order chi connectivity index (χ0) is 17.3. The Morgan fingerprint density at radius 1 is 1.32 bits per heavy atom. The van der Waals surface area contributed by atoms with Crippen molar-refractivity contribution in [3.05, 3.63) is 50.1 Å². The highest BCUT2D eigenvalue weighted by molar-refractivity contribution is 7.10. The van der Waals surface area contributed by atoms with Gasteiger partial charge in [0, 0.05) is 43.3 Å². The molecule has 0 aliphatic carbocycles. The van der Waals surface area contributed by atoms with Gasteiger partial charge in [0.25, 0.3) is 5.56 Å². The molecule has 0 aromatic carbocycles. The van der Waals surface area contributed by atoms with E-state index in [9.17, 15) is 9.59 Å². The zero-order valence-electron chi connectivity index (χ0n) is 14.0. The van der Waals surface area contributed by atoms with Gasteiger partial charge in [0.2, 0.25) is 5.91 Å². The molecule has 2 aliphatic rings. The molecular weight excluding hydrogens is 338 g/mol. The maximum atomic E-state index is 12.5. The number of thiophene rings is 1. The van der Waals surface area contributed by atoms with Gasteiger partial charge < -0.3 is 9.64 Å². The van der Waals surface area contributed by atoms with Gasteiger partial charge in [-0.05, 0) is 35.9 Å². The van der Waals surface area contributed by atoms with E-state index in [0.29, 0.717) is 12.8 Å². The Kier molecular flexibility index (Phi) is 4.43. The van der Waals surface area contributed by atoms with Crippen molar-refractivity contribution in [3.8, 4) is 0 Å². The number of H-pyrrole nitrogens is 1. The monoisotopic (exact) mass is 359 g/mol. The summed E-state index contributed by atoms with van der Waals surface area (Å²) in [6, 6.07) is 5.31. The summed E-state index contributed by atoms with van der Waals surface area (Å²) in [4.78, 5) is 26.9. The van der Waals surface area contributed by atoms with Gasteiger partial charge in [-0.3, -0.25) is 9.59 Å². The number of fused-ring (bicyclic) bond motifs is 2. The van der Waals surface area contributed by atoms with Crippen LogP contribution in [0.25, 0.3) is 0 Å². The normalized spacial score (nSPS) is 19.0. The number of aromatic nitrogens is 2. The van der Waals surface area contributed by atoms with E-state index >= 15 is 0 Å². The summed E-state index contributed by atoms with van der Waals surface area (Å²) >= 11 is 1.81. The fraction of sp³-hybridized carbons (Fsp3) is 0.500. The van der Waals surface area contributed by atoms with Crippen molar-refractivity contribution in [1.82, 2.24) is 15.1 Å². The zero-order valence-corrected chi connectivity index (χ0v) is 14.8. The number of ether oxygens (including phenoxy) is 1. The minimum absolute atomic E-state index is 0.143. The van der Waals surface area contributed by atoms with Crippen LogP contribution in [-0.4, -0.2) is 40.7 Å². The molecule has 1 spiro atoms. The number of amides is 1. The van der Waals surface area contributed by atoms with E-state index in [4.69, 9.17) is 4.74 Å². The van der Waals surface area contributed by atoms with E-state index in [0.717, 1.165) is 44.7 Å². The van der Waals surface area contributed by atoms with Crippen LogP contribution in [0.15, 0.2) is 28.4 Å². The first kappa shape index (κ1) is 16.5. The molecule has 4 rings (SSSR count). The minimum atomic E-state index is -0.225. The number of carbonyl (C=O) groups is 1. The lowest BCUT2D eigenvalue weighted by molar-refractivity contribution is -0.140. The fourth-order valence-electron chi connectivity index (χ4n) is 3.79. The maximum Gasteiger partial charge on any atom is 0.264 e. The number of aryl methyl sites for hydroxylation is 1. The highest BCUT2D eigenvalue weighted by Gasteiger charge is 2.42. The third-order valence-electron chi connectivity index (χ3n) is 5.20. The van der Waals surface area contributed by atoms with Gasteiger partial charge in [-0.15, -0.1) is 11.3 Å². The number of hydrogen-bond acceptors (Lipinski definition) is 5. The van der Waals surface area contributed by atoms with E-state index in [-0.39, 0.29) is 17.1 Å². The SMILES string of the molecule is O=C(CCc1ccc(=O)[nH]n1)N1CCC2(CC1)OCCc1sccc12. The summed E-state index contributed by atoms with van der Waals surface area (Å²) in [6.07, 6.45) is 3.68. The number of hydrogen-bond donors (Lipinski definition) is 1. The molecule has 1 N–H and O–H groups in total. The molecule has 0 unspecified atom stereocenters. The average molecular weight is 359 g/mol. The first-order valence-electron chi connectivity index (χ1n) is 8.69. The predicted octanol–water partition coefficient (Wildman–Crippen LogP) is 1.85. The lowest BCUT2D eigenvalue weighted by atomic mass is 9.82. The average Bonchev–Trinajstić information content (AvgIpc) is 3.12. The Hall–Kier alpha value is -1.99. The first-order chi connectivity index (χ1) is 12.2. The van der Waals surface area contributed by atoms with Gasteiger partial charge in [0.05, 0.1) is 17.9 Å². The van der Waals surface area contributed by atoms with Crippen LogP contribution in [0.4, 0.5) is 0 Å². The second-order valence-electron chi connectivity index (χ2n) is 6.64. The molecule has 0 saturated carbocycles. The Labute approximate surface area is 149 Å². The summed E-state index contributed by atoms with van der Waals surface area (Å²) in [5.41, 5.74) is 1.66. The smallest absolute Gasteiger partial charge is 0.264 e. The third-order valence-corrected chi connectivity index (χ3v) is 6.18. The van der Waals surface area contributed by atoms with Gasteiger partial charge in [-0.2, -0.15) is 5.10 Å². The van der Waals surface area contributed by atoms with Crippen molar-refractivity contribution in [3.63, 3.8) is 0 Å². The molecule has 25 heavy (non-hydrogen) atoms. The fourth-order valence-corrected chi connectivity index (χ4v) is 4.74. The van der Waals surface area contributed by atoms with E-state index in [1.165, 1.54) is 16.5 Å². The molecular formula is C18H21N3O3S. The Morgan fingerprint density at radius 3 is 2.92 bits per heavy atom. The van der Waals surface area contributed by atoms with Crippen LogP contribution in [0, 0.1) is 0 Å². The van der Waals surface area contributed by atoms with Crippen LogP contribution < -0.4 is 5.56 Å². The van der Waals surface area contributed by atoms with Crippen molar-refractivity contribution >= 4 is 17.2 Å². The van der Waals surface area contributed by atoms with Crippen LogP contribution in [0.5, 0.6) is 0 Å². The molecule has 2 aromatic heterocycles. The largest absolute Gasteiger partial charge is 0.370 e. The molecule has 0 radical (unpaired) electrons. The summed E-state index contributed by atoms with van der Waals surface area (Å²) in [7, 11) is 0.